The lowest BCUT2D eigenvalue weighted by atomic mass is 10.1. The van der Waals surface area contributed by atoms with Gasteiger partial charge in [-0.3, -0.25) is 4.79 Å². The summed E-state index contributed by atoms with van der Waals surface area (Å²) in [5, 5.41) is 0. The molecule has 1 aromatic rings. The number of ether oxygens (including phenoxy) is 1. The molecule has 0 N–H and O–H groups in total. The minimum Gasteiger partial charge on any atom is -0.444 e. The molecule has 0 unspecified atom stereocenters. The highest BCUT2D eigenvalue weighted by Gasteiger charge is 2.25. The Kier molecular flexibility index (Phi) is 6.23. The molecule has 0 aromatic heterocycles. The molecule has 0 atom stereocenters. The molecule has 136 valence electrons. The van der Waals surface area contributed by atoms with Crippen molar-refractivity contribution >= 4 is 18.1 Å². The van der Waals surface area contributed by atoms with Gasteiger partial charge in [-0.15, -0.1) is 0 Å². The molecule has 0 radical (unpaired) electrons. The van der Waals surface area contributed by atoms with E-state index in [9.17, 15) is 9.59 Å². The summed E-state index contributed by atoms with van der Waals surface area (Å²) in [6.07, 6.45) is 3.88. The molecule has 1 fully saturated rings. The quantitative estimate of drug-likeness (QED) is 0.772. The van der Waals surface area contributed by atoms with Crippen molar-refractivity contribution in [1.82, 2.24) is 9.80 Å². The van der Waals surface area contributed by atoms with Crippen LogP contribution < -0.4 is 0 Å². The first-order chi connectivity index (χ1) is 11.7. The smallest absolute Gasteiger partial charge is 0.410 e. The molecular formula is C20H28N2O3. The van der Waals surface area contributed by atoms with Gasteiger partial charge in [-0.2, -0.15) is 0 Å². The fraction of sp³-hybridized carbons (Fsp3) is 0.500. The third-order valence-corrected chi connectivity index (χ3v) is 3.95. The summed E-state index contributed by atoms with van der Waals surface area (Å²) in [4.78, 5) is 28.0. The van der Waals surface area contributed by atoms with E-state index in [1.165, 1.54) is 5.56 Å². The second-order valence-electron chi connectivity index (χ2n) is 7.39. The largest absolute Gasteiger partial charge is 0.444 e. The molecule has 1 aliphatic heterocycles. The lowest BCUT2D eigenvalue weighted by Gasteiger charge is -2.26. The lowest BCUT2D eigenvalue weighted by Crippen LogP contribution is -2.39. The summed E-state index contributed by atoms with van der Waals surface area (Å²) < 4.78 is 5.41. The van der Waals surface area contributed by atoms with Gasteiger partial charge in [0.15, 0.2) is 0 Å². The van der Waals surface area contributed by atoms with Gasteiger partial charge < -0.3 is 14.5 Å². The van der Waals surface area contributed by atoms with Crippen molar-refractivity contribution in [2.45, 2.75) is 39.7 Å². The average molecular weight is 344 g/mol. The molecule has 1 aliphatic rings. The highest BCUT2D eigenvalue weighted by atomic mass is 16.6. The van der Waals surface area contributed by atoms with Gasteiger partial charge in [0.25, 0.3) is 0 Å². The van der Waals surface area contributed by atoms with Crippen molar-refractivity contribution in [1.29, 1.82) is 0 Å². The van der Waals surface area contributed by atoms with Gasteiger partial charge >= 0.3 is 6.09 Å². The summed E-state index contributed by atoms with van der Waals surface area (Å²) in [7, 11) is 0. The van der Waals surface area contributed by atoms with Crippen molar-refractivity contribution in [2.24, 2.45) is 0 Å². The number of carbonyl (C=O) groups excluding carboxylic acids is 2. The maximum atomic E-state index is 12.4. The summed E-state index contributed by atoms with van der Waals surface area (Å²) >= 11 is 0. The lowest BCUT2D eigenvalue weighted by molar-refractivity contribution is -0.125. The van der Waals surface area contributed by atoms with Gasteiger partial charge in [-0.05, 0) is 45.8 Å². The van der Waals surface area contributed by atoms with Crippen LogP contribution in [0.4, 0.5) is 4.79 Å². The zero-order chi connectivity index (χ0) is 18.4. The summed E-state index contributed by atoms with van der Waals surface area (Å²) in [6.45, 7) is 9.88. The van der Waals surface area contributed by atoms with E-state index in [4.69, 9.17) is 4.74 Å². The van der Waals surface area contributed by atoms with E-state index in [2.05, 4.69) is 0 Å². The summed E-state index contributed by atoms with van der Waals surface area (Å²) in [6, 6.07) is 8.03. The fourth-order valence-electron chi connectivity index (χ4n) is 2.60. The summed E-state index contributed by atoms with van der Waals surface area (Å²) in [5.41, 5.74) is 1.69. The van der Waals surface area contributed by atoms with Crippen LogP contribution in [-0.2, 0) is 9.53 Å². The Bertz CT molecular complexity index is 629. The first kappa shape index (κ1) is 19.0. The Hall–Kier alpha value is -2.30. The molecule has 2 amide bonds. The van der Waals surface area contributed by atoms with E-state index >= 15 is 0 Å². The standard InChI is InChI=1S/C20H28N2O3/c1-16-6-8-17(9-7-16)10-11-18(23)21-12-5-13-22(15-14-21)19(24)25-20(2,3)4/h6-11H,5,12-15H2,1-4H3/b11-10+. The molecular weight excluding hydrogens is 316 g/mol. The monoisotopic (exact) mass is 344 g/mol. The van der Waals surface area contributed by atoms with Crippen molar-refractivity contribution in [3.63, 3.8) is 0 Å². The van der Waals surface area contributed by atoms with Gasteiger partial charge in [0, 0.05) is 32.3 Å². The third kappa shape index (κ3) is 6.25. The SMILES string of the molecule is Cc1ccc(/C=C/C(=O)N2CCCN(C(=O)OC(C)(C)C)CC2)cc1. The summed E-state index contributed by atoms with van der Waals surface area (Å²) in [5.74, 6) is -0.0217. The van der Waals surface area contributed by atoms with Crippen LogP contribution in [0.2, 0.25) is 0 Å². The van der Waals surface area contributed by atoms with Gasteiger partial charge in [0.2, 0.25) is 5.91 Å². The molecule has 0 bridgehead atoms. The van der Waals surface area contributed by atoms with Crippen molar-refractivity contribution in [3.8, 4) is 0 Å². The Labute approximate surface area is 150 Å². The van der Waals surface area contributed by atoms with Crippen LogP contribution in [0.25, 0.3) is 6.08 Å². The molecule has 1 saturated heterocycles. The third-order valence-electron chi connectivity index (χ3n) is 3.95. The van der Waals surface area contributed by atoms with Gasteiger partial charge in [0.1, 0.15) is 5.60 Å². The number of amides is 2. The minimum absolute atomic E-state index is 0.0217. The first-order valence-electron chi connectivity index (χ1n) is 8.76. The van der Waals surface area contributed by atoms with E-state index in [0.717, 1.165) is 12.0 Å². The molecule has 1 aromatic carbocycles. The maximum absolute atomic E-state index is 12.4. The van der Waals surface area contributed by atoms with Gasteiger partial charge in [-0.1, -0.05) is 29.8 Å². The van der Waals surface area contributed by atoms with Crippen molar-refractivity contribution < 1.29 is 14.3 Å². The topological polar surface area (TPSA) is 49.9 Å². The van der Waals surface area contributed by atoms with Crippen LogP contribution in [0.15, 0.2) is 30.3 Å². The van der Waals surface area contributed by atoms with Crippen LogP contribution in [0.1, 0.15) is 38.3 Å². The minimum atomic E-state index is -0.504. The molecule has 0 spiro atoms. The second kappa shape index (κ2) is 8.19. The fourth-order valence-corrected chi connectivity index (χ4v) is 2.60. The molecule has 25 heavy (non-hydrogen) atoms. The molecule has 0 saturated carbocycles. The molecule has 5 heteroatoms. The Balaban J connectivity index is 1.90. The highest BCUT2D eigenvalue weighted by Crippen LogP contribution is 2.13. The van der Waals surface area contributed by atoms with Gasteiger partial charge in [-0.25, -0.2) is 4.79 Å². The average Bonchev–Trinajstić information content (AvgIpc) is 2.78. The number of benzene rings is 1. The van der Waals surface area contributed by atoms with E-state index < -0.39 is 5.60 Å². The number of aryl methyl sites for hydroxylation is 1. The number of hydrogen-bond donors (Lipinski definition) is 0. The van der Waals surface area contributed by atoms with E-state index in [0.29, 0.717) is 26.2 Å². The normalized spacial score (nSPS) is 16.0. The number of nitrogens with zero attached hydrogens (tertiary/aromatic N) is 2. The van der Waals surface area contributed by atoms with Crippen molar-refractivity contribution in [2.75, 3.05) is 26.2 Å². The number of hydrogen-bond acceptors (Lipinski definition) is 3. The van der Waals surface area contributed by atoms with E-state index in [1.54, 1.807) is 15.9 Å². The van der Waals surface area contributed by atoms with Crippen LogP contribution in [-0.4, -0.2) is 53.6 Å². The molecule has 1 heterocycles. The second-order valence-corrected chi connectivity index (χ2v) is 7.39. The zero-order valence-corrected chi connectivity index (χ0v) is 15.6. The highest BCUT2D eigenvalue weighted by molar-refractivity contribution is 5.91. The Morgan fingerprint density at radius 1 is 1.00 bits per heavy atom. The number of rotatable bonds is 2. The Morgan fingerprint density at radius 3 is 2.24 bits per heavy atom. The van der Waals surface area contributed by atoms with Crippen LogP contribution in [0.3, 0.4) is 0 Å². The molecule has 0 aliphatic carbocycles. The van der Waals surface area contributed by atoms with E-state index in [-0.39, 0.29) is 12.0 Å². The van der Waals surface area contributed by atoms with Gasteiger partial charge in [0.05, 0.1) is 0 Å². The predicted molar refractivity (Wildman–Crippen MR) is 99.2 cm³/mol. The maximum Gasteiger partial charge on any atom is 0.410 e. The van der Waals surface area contributed by atoms with E-state index in [1.807, 2.05) is 58.0 Å². The van der Waals surface area contributed by atoms with Crippen LogP contribution in [0.5, 0.6) is 0 Å². The molecule has 5 nitrogen and oxygen atoms in total. The Morgan fingerprint density at radius 2 is 1.60 bits per heavy atom. The molecule has 2 rings (SSSR count). The van der Waals surface area contributed by atoms with Crippen molar-refractivity contribution in [3.05, 3.63) is 41.5 Å². The number of carbonyl (C=O) groups is 2. The zero-order valence-electron chi connectivity index (χ0n) is 15.6. The van der Waals surface area contributed by atoms with Crippen LogP contribution >= 0.6 is 0 Å². The first-order valence-corrected chi connectivity index (χ1v) is 8.76. The van der Waals surface area contributed by atoms with Crippen LogP contribution in [0, 0.1) is 6.92 Å². The predicted octanol–water partition coefficient (Wildman–Crippen LogP) is 3.48.